The summed E-state index contributed by atoms with van der Waals surface area (Å²) in [7, 11) is -2.08. The first-order chi connectivity index (χ1) is 19.4. The molecular weight excluding hydrogens is 550 g/mol. The van der Waals surface area contributed by atoms with Crippen LogP contribution in [0.1, 0.15) is 43.1 Å². The third-order valence-electron chi connectivity index (χ3n) is 6.89. The van der Waals surface area contributed by atoms with Crippen LogP contribution in [0.25, 0.3) is 0 Å². The van der Waals surface area contributed by atoms with E-state index < -0.39 is 27.4 Å². The average molecular weight is 588 g/mol. The number of carbonyl (C=O) groups excluding carboxylic acids is 3. The second-order valence-corrected chi connectivity index (χ2v) is 12.8. The fourth-order valence-corrected chi connectivity index (χ4v) is 5.75. The lowest BCUT2D eigenvalue weighted by molar-refractivity contribution is -0.120. The third-order valence-corrected chi connectivity index (χ3v) is 8.16. The fourth-order valence-electron chi connectivity index (χ4n) is 4.65. The van der Waals surface area contributed by atoms with Crippen LogP contribution < -0.4 is 25.0 Å². The van der Waals surface area contributed by atoms with Crippen molar-refractivity contribution in [3.05, 3.63) is 47.5 Å². The van der Waals surface area contributed by atoms with E-state index in [0.29, 0.717) is 61.2 Å². The first kappa shape index (κ1) is 30.3. The van der Waals surface area contributed by atoms with E-state index in [9.17, 15) is 22.8 Å². The SMILES string of the molecule is COc1c(C(=O)Nc2ccc(NS(=O)(=O)CCN3CCOCC3)cc2)cc(N2CCC(=O)NC2=O)cc1C(C)(C)C. The van der Waals surface area contributed by atoms with Gasteiger partial charge in [0.1, 0.15) is 5.75 Å². The van der Waals surface area contributed by atoms with Crippen LogP contribution in [-0.4, -0.2) is 83.4 Å². The highest BCUT2D eigenvalue weighted by molar-refractivity contribution is 7.92. The minimum atomic E-state index is -3.56. The van der Waals surface area contributed by atoms with E-state index in [1.165, 1.54) is 12.0 Å². The Bertz CT molecular complexity index is 1400. The maximum Gasteiger partial charge on any atom is 0.328 e. The van der Waals surface area contributed by atoms with E-state index in [4.69, 9.17) is 9.47 Å². The molecule has 0 saturated carbocycles. The minimum Gasteiger partial charge on any atom is -0.496 e. The van der Waals surface area contributed by atoms with Gasteiger partial charge in [0.2, 0.25) is 15.9 Å². The molecule has 3 N–H and O–H groups in total. The fraction of sp³-hybridized carbons (Fsp3) is 0.464. The number of imide groups is 1. The van der Waals surface area contributed by atoms with Crippen LogP contribution in [0, 0.1) is 0 Å². The first-order valence-electron chi connectivity index (χ1n) is 13.4. The number of sulfonamides is 1. The summed E-state index contributed by atoms with van der Waals surface area (Å²) < 4.78 is 38.7. The van der Waals surface area contributed by atoms with Gasteiger partial charge in [-0.15, -0.1) is 0 Å². The van der Waals surface area contributed by atoms with Gasteiger partial charge in [-0.3, -0.25) is 29.4 Å². The molecule has 0 radical (unpaired) electrons. The number of hydrogen-bond acceptors (Lipinski definition) is 8. The van der Waals surface area contributed by atoms with Crippen LogP contribution in [-0.2, 0) is 25.0 Å². The van der Waals surface area contributed by atoms with Gasteiger partial charge in [-0.2, -0.15) is 0 Å². The Kier molecular flexibility index (Phi) is 9.20. The van der Waals surface area contributed by atoms with Crippen molar-refractivity contribution in [3.63, 3.8) is 0 Å². The maximum absolute atomic E-state index is 13.5. The number of nitrogens with one attached hydrogen (secondary N) is 3. The summed E-state index contributed by atoms with van der Waals surface area (Å²) in [5.41, 5.74) is 1.79. The molecule has 41 heavy (non-hydrogen) atoms. The number of morpholine rings is 1. The highest BCUT2D eigenvalue weighted by Crippen LogP contribution is 2.38. The number of anilines is 3. The van der Waals surface area contributed by atoms with Crippen molar-refractivity contribution in [3.8, 4) is 5.75 Å². The summed E-state index contributed by atoms with van der Waals surface area (Å²) >= 11 is 0. The molecule has 2 aliphatic rings. The van der Waals surface area contributed by atoms with Gasteiger partial charge in [0.15, 0.2) is 0 Å². The zero-order chi connectivity index (χ0) is 29.8. The second kappa shape index (κ2) is 12.5. The van der Waals surface area contributed by atoms with Gasteiger partial charge in [-0.1, -0.05) is 20.8 Å². The third kappa shape index (κ3) is 7.75. The first-order valence-corrected chi connectivity index (χ1v) is 15.1. The maximum atomic E-state index is 13.5. The van der Waals surface area contributed by atoms with Crippen molar-refractivity contribution in [2.45, 2.75) is 32.6 Å². The number of hydrogen-bond donors (Lipinski definition) is 3. The summed E-state index contributed by atoms with van der Waals surface area (Å²) in [4.78, 5) is 41.2. The minimum absolute atomic E-state index is 0.0407. The van der Waals surface area contributed by atoms with Crippen LogP contribution in [0.5, 0.6) is 5.75 Å². The Morgan fingerprint density at radius 3 is 2.32 bits per heavy atom. The predicted molar refractivity (Wildman–Crippen MR) is 156 cm³/mol. The van der Waals surface area contributed by atoms with Crippen LogP contribution in [0.2, 0.25) is 0 Å². The van der Waals surface area contributed by atoms with Gasteiger partial charge < -0.3 is 14.8 Å². The molecule has 4 amide bonds. The summed E-state index contributed by atoms with van der Waals surface area (Å²) in [6.07, 6.45) is 0.146. The van der Waals surface area contributed by atoms with Gasteiger partial charge in [0.05, 0.1) is 31.6 Å². The van der Waals surface area contributed by atoms with Crippen LogP contribution in [0.15, 0.2) is 36.4 Å². The number of carbonyl (C=O) groups is 3. The number of ether oxygens (including phenoxy) is 2. The van der Waals surface area contributed by atoms with E-state index >= 15 is 0 Å². The molecule has 2 heterocycles. The van der Waals surface area contributed by atoms with Crippen molar-refractivity contribution >= 4 is 44.9 Å². The lowest BCUT2D eigenvalue weighted by Crippen LogP contribution is -2.49. The van der Waals surface area contributed by atoms with Crippen molar-refractivity contribution < 1.29 is 32.3 Å². The number of nitrogens with zero attached hydrogens (tertiary/aromatic N) is 2. The quantitative estimate of drug-likeness (QED) is 0.406. The Morgan fingerprint density at radius 1 is 1.05 bits per heavy atom. The number of urea groups is 1. The van der Waals surface area contributed by atoms with Crippen molar-refractivity contribution in [2.24, 2.45) is 0 Å². The molecule has 2 saturated heterocycles. The molecule has 2 aromatic rings. The molecule has 0 atom stereocenters. The average Bonchev–Trinajstić information content (AvgIpc) is 2.92. The van der Waals surface area contributed by atoms with Gasteiger partial charge in [0, 0.05) is 55.2 Å². The van der Waals surface area contributed by atoms with E-state index in [0.717, 1.165) is 0 Å². The summed E-state index contributed by atoms with van der Waals surface area (Å²) in [5, 5.41) is 5.14. The smallest absolute Gasteiger partial charge is 0.328 e. The van der Waals surface area contributed by atoms with Gasteiger partial charge in [-0.25, -0.2) is 13.2 Å². The van der Waals surface area contributed by atoms with E-state index in [1.807, 2.05) is 25.7 Å². The van der Waals surface area contributed by atoms with Gasteiger partial charge >= 0.3 is 6.03 Å². The van der Waals surface area contributed by atoms with E-state index in [2.05, 4.69) is 15.4 Å². The molecule has 0 aliphatic carbocycles. The molecule has 2 aliphatic heterocycles. The van der Waals surface area contributed by atoms with Crippen molar-refractivity contribution in [1.82, 2.24) is 10.2 Å². The molecule has 12 nitrogen and oxygen atoms in total. The number of rotatable bonds is 9. The Balaban J connectivity index is 1.51. The monoisotopic (exact) mass is 587 g/mol. The Morgan fingerprint density at radius 2 is 1.71 bits per heavy atom. The molecule has 2 fully saturated rings. The normalized spacial score (nSPS) is 16.7. The number of amides is 4. The van der Waals surface area contributed by atoms with Crippen molar-refractivity contribution in [1.29, 1.82) is 0 Å². The summed E-state index contributed by atoms with van der Waals surface area (Å²) in [5.74, 6) is -0.490. The molecule has 4 rings (SSSR count). The largest absolute Gasteiger partial charge is 0.496 e. The zero-order valence-electron chi connectivity index (χ0n) is 23.8. The lowest BCUT2D eigenvalue weighted by atomic mass is 9.84. The molecule has 222 valence electrons. The Labute approximate surface area is 240 Å². The van der Waals surface area contributed by atoms with Crippen LogP contribution in [0.3, 0.4) is 0 Å². The second-order valence-electron chi connectivity index (χ2n) is 11.0. The number of benzene rings is 2. The van der Waals surface area contributed by atoms with E-state index in [1.54, 1.807) is 36.4 Å². The standard InChI is InChI=1S/C28H37N5O7S/c1-28(2,3)23-18-21(33-10-9-24(34)30-27(33)36)17-22(25(23)39-4)26(35)29-19-5-7-20(8-6-19)31-41(37,38)16-13-32-11-14-40-15-12-32/h5-8,17-18,31H,9-16H2,1-4H3,(H,29,35)(H,30,34,36). The molecule has 13 heteroatoms. The molecule has 0 unspecified atom stereocenters. The highest BCUT2D eigenvalue weighted by Gasteiger charge is 2.30. The molecule has 0 aromatic heterocycles. The topological polar surface area (TPSA) is 146 Å². The lowest BCUT2D eigenvalue weighted by Gasteiger charge is -2.30. The summed E-state index contributed by atoms with van der Waals surface area (Å²) in [6.45, 7) is 9.13. The molecule has 2 aromatic carbocycles. The van der Waals surface area contributed by atoms with Crippen molar-refractivity contribution in [2.75, 3.05) is 67.2 Å². The molecular formula is C28H37N5O7S. The van der Waals surface area contributed by atoms with Crippen LogP contribution in [0.4, 0.5) is 21.9 Å². The van der Waals surface area contributed by atoms with Crippen LogP contribution >= 0.6 is 0 Å². The number of methoxy groups -OCH3 is 1. The molecule has 0 spiro atoms. The zero-order valence-corrected chi connectivity index (χ0v) is 24.6. The van der Waals surface area contributed by atoms with Gasteiger partial charge in [0.25, 0.3) is 5.91 Å². The Hall–Kier alpha value is -3.68. The highest BCUT2D eigenvalue weighted by atomic mass is 32.2. The summed E-state index contributed by atoms with van der Waals surface area (Å²) in [6, 6.07) is 9.16. The van der Waals surface area contributed by atoms with E-state index in [-0.39, 0.29) is 30.2 Å². The predicted octanol–water partition coefficient (Wildman–Crippen LogP) is 2.77. The van der Waals surface area contributed by atoms with Gasteiger partial charge in [-0.05, 0) is 41.8 Å². The molecule has 0 bridgehead atoms.